The van der Waals surface area contributed by atoms with E-state index in [0.717, 1.165) is 18.4 Å². The number of carbonyl (C=O) groups is 1. The van der Waals surface area contributed by atoms with Crippen molar-refractivity contribution >= 4 is 5.97 Å². The van der Waals surface area contributed by atoms with Crippen LogP contribution in [0.1, 0.15) is 104 Å². The van der Waals surface area contributed by atoms with Gasteiger partial charge in [-0.05, 0) is 19.8 Å². The Morgan fingerprint density at radius 3 is 1.52 bits per heavy atom. The normalized spacial score (nSPS) is 11.8. The molecule has 0 aliphatic heterocycles. The molecule has 0 aliphatic rings. The molecule has 0 bridgehead atoms. The molecule has 0 unspecified atom stereocenters. The van der Waals surface area contributed by atoms with E-state index in [-0.39, 0.29) is 0 Å². The highest BCUT2D eigenvalue weighted by Crippen LogP contribution is 2.14. The summed E-state index contributed by atoms with van der Waals surface area (Å²) < 4.78 is 0. The van der Waals surface area contributed by atoms with Crippen molar-refractivity contribution in [2.24, 2.45) is 0 Å². The Morgan fingerprint density at radius 1 is 0.762 bits per heavy atom. The first-order valence-electron chi connectivity index (χ1n) is 9.07. The Balaban J connectivity index is 3.14. The van der Waals surface area contributed by atoms with Crippen LogP contribution in [0.15, 0.2) is 11.6 Å². The van der Waals surface area contributed by atoms with Crippen LogP contribution >= 0.6 is 0 Å². The molecule has 0 aromatic carbocycles. The Morgan fingerprint density at radius 2 is 1.14 bits per heavy atom. The summed E-state index contributed by atoms with van der Waals surface area (Å²) in [6.07, 6.45) is 19.9. The first-order valence-corrected chi connectivity index (χ1v) is 9.07. The van der Waals surface area contributed by atoms with Crippen LogP contribution in [0.2, 0.25) is 0 Å². The molecule has 0 aromatic rings. The Kier molecular flexibility index (Phi) is 15.0. The lowest BCUT2D eigenvalue weighted by Gasteiger charge is -2.03. The molecule has 0 fully saturated rings. The average molecular weight is 296 g/mol. The second-order valence-corrected chi connectivity index (χ2v) is 6.32. The fraction of sp³-hybridized carbons (Fsp3) is 0.842. The van der Waals surface area contributed by atoms with E-state index in [1.807, 2.05) is 6.92 Å². The van der Waals surface area contributed by atoms with Crippen LogP contribution < -0.4 is 0 Å². The van der Waals surface area contributed by atoms with Gasteiger partial charge in [-0.15, -0.1) is 0 Å². The standard InChI is InChI=1S/C19H36O2/c1-3-4-5-6-7-8-9-10-11-12-13-14-15-16-18(2)17-19(20)21/h17H,3-16H2,1-2H3,(H,20,21). The monoisotopic (exact) mass is 296 g/mol. The number of carboxylic acid groups (broad SMARTS) is 1. The summed E-state index contributed by atoms with van der Waals surface area (Å²) >= 11 is 0. The van der Waals surface area contributed by atoms with Crippen molar-refractivity contribution in [2.45, 2.75) is 104 Å². The molecule has 0 saturated carbocycles. The molecule has 0 aromatic heterocycles. The second kappa shape index (κ2) is 15.6. The second-order valence-electron chi connectivity index (χ2n) is 6.32. The molecule has 0 spiro atoms. The molecule has 0 rings (SSSR count). The van der Waals surface area contributed by atoms with Gasteiger partial charge in [0.05, 0.1) is 0 Å². The van der Waals surface area contributed by atoms with Gasteiger partial charge in [0, 0.05) is 6.08 Å². The smallest absolute Gasteiger partial charge is 0.328 e. The number of aliphatic carboxylic acids is 1. The molecule has 2 nitrogen and oxygen atoms in total. The zero-order chi connectivity index (χ0) is 15.8. The third-order valence-corrected chi connectivity index (χ3v) is 4.04. The third kappa shape index (κ3) is 17.2. The van der Waals surface area contributed by atoms with Gasteiger partial charge in [-0.25, -0.2) is 4.79 Å². The van der Waals surface area contributed by atoms with Gasteiger partial charge in [0.25, 0.3) is 0 Å². The maximum atomic E-state index is 10.5. The first-order chi connectivity index (χ1) is 10.2. The predicted octanol–water partition coefficient (Wildman–Crippen LogP) is 6.50. The average Bonchev–Trinajstić information content (AvgIpc) is 2.43. The van der Waals surface area contributed by atoms with E-state index in [4.69, 9.17) is 5.11 Å². The molecule has 2 heteroatoms. The van der Waals surface area contributed by atoms with Crippen LogP contribution in [0.3, 0.4) is 0 Å². The lowest BCUT2D eigenvalue weighted by Crippen LogP contribution is -1.90. The minimum atomic E-state index is -0.817. The van der Waals surface area contributed by atoms with Crippen molar-refractivity contribution in [3.63, 3.8) is 0 Å². The molecule has 0 atom stereocenters. The summed E-state index contributed by atoms with van der Waals surface area (Å²) in [4.78, 5) is 10.5. The van der Waals surface area contributed by atoms with E-state index in [1.165, 1.54) is 83.1 Å². The number of unbranched alkanes of at least 4 members (excludes halogenated alkanes) is 12. The van der Waals surface area contributed by atoms with Gasteiger partial charge < -0.3 is 5.11 Å². The quantitative estimate of drug-likeness (QED) is 0.277. The minimum Gasteiger partial charge on any atom is -0.478 e. The minimum absolute atomic E-state index is 0.817. The number of hydrogen-bond acceptors (Lipinski definition) is 1. The Labute approximate surface area is 132 Å². The van der Waals surface area contributed by atoms with Gasteiger partial charge in [0.1, 0.15) is 0 Å². The van der Waals surface area contributed by atoms with E-state index in [0.29, 0.717) is 0 Å². The van der Waals surface area contributed by atoms with E-state index in [9.17, 15) is 4.79 Å². The van der Waals surface area contributed by atoms with Crippen LogP contribution in [-0.2, 0) is 4.79 Å². The molecule has 21 heavy (non-hydrogen) atoms. The van der Waals surface area contributed by atoms with Crippen LogP contribution in [-0.4, -0.2) is 11.1 Å². The van der Waals surface area contributed by atoms with Gasteiger partial charge in [0.15, 0.2) is 0 Å². The fourth-order valence-corrected chi connectivity index (χ4v) is 2.70. The van der Waals surface area contributed by atoms with Crippen LogP contribution in [0, 0.1) is 0 Å². The number of allylic oxidation sites excluding steroid dienone is 1. The van der Waals surface area contributed by atoms with Crippen molar-refractivity contribution in [3.05, 3.63) is 11.6 Å². The molecular weight excluding hydrogens is 260 g/mol. The summed E-state index contributed by atoms with van der Waals surface area (Å²) in [5, 5.41) is 8.61. The summed E-state index contributed by atoms with van der Waals surface area (Å²) in [7, 11) is 0. The van der Waals surface area contributed by atoms with Crippen molar-refractivity contribution in [3.8, 4) is 0 Å². The maximum Gasteiger partial charge on any atom is 0.328 e. The Hall–Kier alpha value is -0.790. The molecule has 1 N–H and O–H groups in total. The maximum absolute atomic E-state index is 10.5. The zero-order valence-corrected chi connectivity index (χ0v) is 14.3. The summed E-state index contributed by atoms with van der Waals surface area (Å²) in [5.74, 6) is -0.817. The number of carboxylic acids is 1. The number of hydrogen-bond donors (Lipinski definition) is 1. The predicted molar refractivity (Wildman–Crippen MR) is 91.7 cm³/mol. The SMILES string of the molecule is CCCCCCCCCCCCCCCC(C)=CC(=O)O. The van der Waals surface area contributed by atoms with Crippen LogP contribution in [0.4, 0.5) is 0 Å². The highest BCUT2D eigenvalue weighted by atomic mass is 16.4. The van der Waals surface area contributed by atoms with Crippen LogP contribution in [0.5, 0.6) is 0 Å². The zero-order valence-electron chi connectivity index (χ0n) is 14.3. The summed E-state index contributed by atoms with van der Waals surface area (Å²) in [6, 6.07) is 0. The van der Waals surface area contributed by atoms with Gasteiger partial charge in [-0.1, -0.05) is 89.5 Å². The van der Waals surface area contributed by atoms with Crippen molar-refractivity contribution < 1.29 is 9.90 Å². The summed E-state index contributed by atoms with van der Waals surface area (Å²) in [5.41, 5.74) is 0.991. The molecule has 0 heterocycles. The highest BCUT2D eigenvalue weighted by molar-refractivity contribution is 5.80. The lowest BCUT2D eigenvalue weighted by atomic mass is 10.0. The van der Waals surface area contributed by atoms with E-state index < -0.39 is 5.97 Å². The molecule has 0 radical (unpaired) electrons. The van der Waals surface area contributed by atoms with Gasteiger partial charge >= 0.3 is 5.97 Å². The van der Waals surface area contributed by atoms with E-state index >= 15 is 0 Å². The lowest BCUT2D eigenvalue weighted by molar-refractivity contribution is -0.131. The van der Waals surface area contributed by atoms with Gasteiger partial charge in [-0.3, -0.25) is 0 Å². The molecule has 0 amide bonds. The van der Waals surface area contributed by atoms with Gasteiger partial charge in [0.2, 0.25) is 0 Å². The molecule has 124 valence electrons. The molecule has 0 saturated heterocycles. The third-order valence-electron chi connectivity index (χ3n) is 4.04. The van der Waals surface area contributed by atoms with Crippen molar-refractivity contribution in [1.82, 2.24) is 0 Å². The van der Waals surface area contributed by atoms with E-state index in [2.05, 4.69) is 6.92 Å². The highest BCUT2D eigenvalue weighted by Gasteiger charge is 1.96. The van der Waals surface area contributed by atoms with Crippen molar-refractivity contribution in [1.29, 1.82) is 0 Å². The molecular formula is C19H36O2. The number of rotatable bonds is 15. The van der Waals surface area contributed by atoms with Crippen LogP contribution in [0.25, 0.3) is 0 Å². The van der Waals surface area contributed by atoms with Gasteiger partial charge in [-0.2, -0.15) is 0 Å². The Bertz CT molecular complexity index is 269. The van der Waals surface area contributed by atoms with E-state index in [1.54, 1.807) is 0 Å². The fourth-order valence-electron chi connectivity index (χ4n) is 2.70. The largest absolute Gasteiger partial charge is 0.478 e. The summed E-state index contributed by atoms with van der Waals surface area (Å²) in [6.45, 7) is 4.18. The topological polar surface area (TPSA) is 37.3 Å². The molecule has 0 aliphatic carbocycles. The first kappa shape index (κ1) is 20.2. The van der Waals surface area contributed by atoms with Crippen molar-refractivity contribution in [2.75, 3.05) is 0 Å².